The molecule has 0 radical (unpaired) electrons. The van der Waals surface area contributed by atoms with Crippen molar-refractivity contribution in [2.75, 3.05) is 13.7 Å². The summed E-state index contributed by atoms with van der Waals surface area (Å²) in [6.07, 6.45) is 3.47. The summed E-state index contributed by atoms with van der Waals surface area (Å²) < 4.78 is 0. The van der Waals surface area contributed by atoms with Crippen LogP contribution < -0.4 is 5.32 Å². The fourth-order valence-electron chi connectivity index (χ4n) is 2.16. The van der Waals surface area contributed by atoms with Crippen LogP contribution in [0.4, 0.5) is 0 Å². The number of aliphatic hydroxyl groups is 1. The Bertz CT molecular complexity index is 143. The maximum atomic E-state index is 9.28. The van der Waals surface area contributed by atoms with Crippen LogP contribution in [-0.2, 0) is 0 Å². The quantitative estimate of drug-likeness (QED) is 0.658. The van der Waals surface area contributed by atoms with Crippen molar-refractivity contribution in [2.45, 2.75) is 38.6 Å². The van der Waals surface area contributed by atoms with Crippen molar-refractivity contribution >= 4 is 0 Å². The zero-order valence-corrected chi connectivity index (χ0v) is 8.43. The van der Waals surface area contributed by atoms with Crippen LogP contribution in [0.1, 0.15) is 33.1 Å². The van der Waals surface area contributed by atoms with Crippen LogP contribution in [0.5, 0.6) is 0 Å². The number of likely N-dealkylation sites (N-methyl/N-ethyl adjacent to an activating group) is 1. The minimum absolute atomic E-state index is 0.0198. The second-order valence-electron chi connectivity index (χ2n) is 4.39. The summed E-state index contributed by atoms with van der Waals surface area (Å²) in [4.78, 5) is 0. The van der Waals surface area contributed by atoms with Crippen molar-refractivity contribution < 1.29 is 5.11 Å². The van der Waals surface area contributed by atoms with Gasteiger partial charge in [0.05, 0.1) is 6.61 Å². The second kappa shape index (κ2) is 3.75. The molecule has 1 rings (SSSR count). The van der Waals surface area contributed by atoms with E-state index in [0.717, 1.165) is 24.7 Å². The van der Waals surface area contributed by atoms with Gasteiger partial charge in [-0.15, -0.1) is 0 Å². The van der Waals surface area contributed by atoms with E-state index in [1.807, 2.05) is 7.05 Å². The average Bonchev–Trinajstić information content (AvgIpc) is 2.10. The second-order valence-corrected chi connectivity index (χ2v) is 4.39. The van der Waals surface area contributed by atoms with Crippen LogP contribution in [0.2, 0.25) is 0 Å². The first-order valence-electron chi connectivity index (χ1n) is 4.93. The molecule has 1 aliphatic carbocycles. The number of hydrogen-bond acceptors (Lipinski definition) is 2. The van der Waals surface area contributed by atoms with E-state index in [0.29, 0.717) is 0 Å². The van der Waals surface area contributed by atoms with E-state index in [1.165, 1.54) is 6.42 Å². The lowest BCUT2D eigenvalue weighted by Crippen LogP contribution is -2.51. The van der Waals surface area contributed by atoms with Crippen molar-refractivity contribution in [3.63, 3.8) is 0 Å². The Hall–Kier alpha value is -0.0800. The molecule has 3 atom stereocenters. The molecule has 1 fully saturated rings. The monoisotopic (exact) mass is 171 g/mol. The summed E-state index contributed by atoms with van der Waals surface area (Å²) in [6.45, 7) is 4.87. The summed E-state index contributed by atoms with van der Waals surface area (Å²) in [5.41, 5.74) is 0.0198. The van der Waals surface area contributed by atoms with Gasteiger partial charge in [-0.2, -0.15) is 0 Å². The molecule has 0 amide bonds. The Morgan fingerprint density at radius 1 is 1.42 bits per heavy atom. The van der Waals surface area contributed by atoms with Crippen molar-refractivity contribution in [1.82, 2.24) is 5.32 Å². The molecule has 0 aromatic heterocycles. The van der Waals surface area contributed by atoms with E-state index in [4.69, 9.17) is 0 Å². The summed E-state index contributed by atoms with van der Waals surface area (Å²) in [6, 6.07) is 0. The zero-order chi connectivity index (χ0) is 9.19. The van der Waals surface area contributed by atoms with E-state index < -0.39 is 0 Å². The highest BCUT2D eigenvalue weighted by Gasteiger charge is 2.35. The number of aliphatic hydroxyl groups excluding tert-OH is 1. The molecule has 0 heterocycles. The number of nitrogens with one attached hydrogen (secondary N) is 1. The molecule has 2 N–H and O–H groups in total. The van der Waals surface area contributed by atoms with E-state index >= 15 is 0 Å². The van der Waals surface area contributed by atoms with Crippen LogP contribution >= 0.6 is 0 Å². The Morgan fingerprint density at radius 2 is 2.08 bits per heavy atom. The predicted octanol–water partition coefficient (Wildman–Crippen LogP) is 1.39. The highest BCUT2D eigenvalue weighted by Crippen LogP contribution is 2.35. The molecule has 0 bridgehead atoms. The van der Waals surface area contributed by atoms with Crippen LogP contribution in [-0.4, -0.2) is 24.3 Å². The molecular weight excluding hydrogens is 150 g/mol. The van der Waals surface area contributed by atoms with Crippen LogP contribution in [0.15, 0.2) is 0 Å². The van der Waals surface area contributed by atoms with Gasteiger partial charge in [-0.25, -0.2) is 0 Å². The molecule has 12 heavy (non-hydrogen) atoms. The van der Waals surface area contributed by atoms with E-state index in [1.54, 1.807) is 0 Å². The molecular formula is C10H21NO. The van der Waals surface area contributed by atoms with Gasteiger partial charge in [-0.05, 0) is 38.1 Å². The molecule has 0 aliphatic heterocycles. The zero-order valence-electron chi connectivity index (χ0n) is 8.43. The van der Waals surface area contributed by atoms with Crippen molar-refractivity contribution in [3.05, 3.63) is 0 Å². The third kappa shape index (κ3) is 1.80. The van der Waals surface area contributed by atoms with Crippen LogP contribution in [0.25, 0.3) is 0 Å². The smallest absolute Gasteiger partial charge is 0.0613 e. The lowest BCUT2D eigenvalue weighted by molar-refractivity contribution is 0.0827. The van der Waals surface area contributed by atoms with Crippen molar-refractivity contribution in [3.8, 4) is 0 Å². The molecule has 3 unspecified atom stereocenters. The third-order valence-corrected chi connectivity index (χ3v) is 3.60. The van der Waals surface area contributed by atoms with E-state index in [9.17, 15) is 5.11 Å². The van der Waals surface area contributed by atoms with Crippen molar-refractivity contribution in [1.29, 1.82) is 0 Å². The van der Waals surface area contributed by atoms with Gasteiger partial charge in [-0.1, -0.05) is 13.8 Å². The van der Waals surface area contributed by atoms with E-state index in [2.05, 4.69) is 19.2 Å². The standard InChI is InChI=1S/C10H21NO/c1-8-4-5-10(7-12,11-3)6-9(8)2/h8-9,11-12H,4-7H2,1-3H3. The van der Waals surface area contributed by atoms with Gasteiger partial charge in [-0.3, -0.25) is 0 Å². The Morgan fingerprint density at radius 3 is 2.50 bits per heavy atom. The minimum atomic E-state index is 0.0198. The fraction of sp³-hybridized carbons (Fsp3) is 1.00. The normalized spacial score (nSPS) is 43.0. The minimum Gasteiger partial charge on any atom is -0.394 e. The Kier molecular flexibility index (Phi) is 3.13. The van der Waals surface area contributed by atoms with Gasteiger partial charge in [0.1, 0.15) is 0 Å². The van der Waals surface area contributed by atoms with Crippen molar-refractivity contribution in [2.24, 2.45) is 11.8 Å². The number of rotatable bonds is 2. The lowest BCUT2D eigenvalue weighted by Gasteiger charge is -2.41. The molecule has 72 valence electrons. The molecule has 0 aromatic rings. The first-order chi connectivity index (χ1) is 5.63. The van der Waals surface area contributed by atoms with E-state index in [-0.39, 0.29) is 12.1 Å². The fourth-order valence-corrected chi connectivity index (χ4v) is 2.16. The molecule has 2 heteroatoms. The van der Waals surface area contributed by atoms with Crippen LogP contribution in [0, 0.1) is 11.8 Å². The molecule has 0 aromatic carbocycles. The largest absolute Gasteiger partial charge is 0.394 e. The number of hydrogen-bond donors (Lipinski definition) is 2. The van der Waals surface area contributed by atoms with Gasteiger partial charge in [0.15, 0.2) is 0 Å². The lowest BCUT2D eigenvalue weighted by atomic mass is 9.72. The predicted molar refractivity (Wildman–Crippen MR) is 51.1 cm³/mol. The molecule has 2 nitrogen and oxygen atoms in total. The van der Waals surface area contributed by atoms with Gasteiger partial charge >= 0.3 is 0 Å². The Labute approximate surface area is 75.4 Å². The van der Waals surface area contributed by atoms with Gasteiger partial charge < -0.3 is 10.4 Å². The molecule has 0 saturated heterocycles. The first-order valence-corrected chi connectivity index (χ1v) is 4.93. The molecule has 0 spiro atoms. The SMILES string of the molecule is CNC1(CO)CCC(C)C(C)C1. The van der Waals surface area contributed by atoms with Gasteiger partial charge in [0.2, 0.25) is 0 Å². The maximum Gasteiger partial charge on any atom is 0.0613 e. The highest BCUT2D eigenvalue weighted by molar-refractivity contribution is 4.93. The summed E-state index contributed by atoms with van der Waals surface area (Å²) in [5, 5.41) is 12.6. The first kappa shape index (κ1) is 10.0. The average molecular weight is 171 g/mol. The topological polar surface area (TPSA) is 32.3 Å². The summed E-state index contributed by atoms with van der Waals surface area (Å²) in [5.74, 6) is 1.55. The van der Waals surface area contributed by atoms with Crippen LogP contribution in [0.3, 0.4) is 0 Å². The summed E-state index contributed by atoms with van der Waals surface area (Å²) >= 11 is 0. The molecule has 1 saturated carbocycles. The Balaban J connectivity index is 2.58. The highest BCUT2D eigenvalue weighted by atomic mass is 16.3. The van der Waals surface area contributed by atoms with Gasteiger partial charge in [0, 0.05) is 5.54 Å². The van der Waals surface area contributed by atoms with Gasteiger partial charge in [0.25, 0.3) is 0 Å². The summed E-state index contributed by atoms with van der Waals surface area (Å²) in [7, 11) is 1.96. The third-order valence-electron chi connectivity index (χ3n) is 3.60. The molecule has 1 aliphatic rings. The maximum absolute atomic E-state index is 9.28.